The Morgan fingerprint density at radius 3 is 2.26 bits per heavy atom. The first-order chi connectivity index (χ1) is 11.0. The van der Waals surface area contributed by atoms with Crippen molar-refractivity contribution in [3.05, 3.63) is 72.3 Å². The summed E-state index contributed by atoms with van der Waals surface area (Å²) in [5.74, 6) is 0. The van der Waals surface area contributed by atoms with Crippen molar-refractivity contribution < 1.29 is 0 Å². The maximum absolute atomic E-state index is 2.37. The molecule has 0 nitrogen and oxygen atoms in total. The first kappa shape index (κ1) is 14.5. The van der Waals surface area contributed by atoms with Gasteiger partial charge in [0.15, 0.2) is 0 Å². The molecule has 3 aromatic carbocycles. The highest BCUT2D eigenvalue weighted by atomic mass is 32.1. The average Bonchev–Trinajstić information content (AvgIpc) is 2.92. The van der Waals surface area contributed by atoms with Crippen LogP contribution in [0.4, 0.5) is 0 Å². The van der Waals surface area contributed by atoms with Crippen LogP contribution in [-0.4, -0.2) is 0 Å². The fraction of sp³-hybridized carbons (Fsp3) is 0.182. The van der Waals surface area contributed by atoms with E-state index in [1.165, 1.54) is 36.9 Å². The van der Waals surface area contributed by atoms with Gasteiger partial charge in [-0.15, -0.1) is 11.3 Å². The minimum Gasteiger partial charge on any atom is -0.135 e. The Labute approximate surface area is 141 Å². The standard InChI is InChI=1S/C22H20S/c1-22(2,3)16-12-13-18-20(14-16)23-19-11-7-10-17(21(18)19)15-8-5-4-6-9-15/h4-14H,1-3H3. The van der Waals surface area contributed by atoms with Crippen LogP contribution in [0.15, 0.2) is 66.7 Å². The van der Waals surface area contributed by atoms with E-state index in [0.717, 1.165) is 0 Å². The van der Waals surface area contributed by atoms with Gasteiger partial charge in [-0.3, -0.25) is 0 Å². The van der Waals surface area contributed by atoms with Crippen LogP contribution in [0.5, 0.6) is 0 Å². The largest absolute Gasteiger partial charge is 0.135 e. The Morgan fingerprint density at radius 1 is 0.739 bits per heavy atom. The first-order valence-corrected chi connectivity index (χ1v) is 8.87. The molecule has 4 rings (SSSR count). The maximum atomic E-state index is 2.37. The minimum absolute atomic E-state index is 0.187. The molecule has 1 aromatic heterocycles. The zero-order chi connectivity index (χ0) is 16.0. The lowest BCUT2D eigenvalue weighted by atomic mass is 9.86. The fourth-order valence-corrected chi connectivity index (χ4v) is 4.32. The average molecular weight is 316 g/mol. The van der Waals surface area contributed by atoms with Crippen molar-refractivity contribution in [1.82, 2.24) is 0 Å². The quantitative estimate of drug-likeness (QED) is 0.354. The second-order valence-corrected chi connectivity index (χ2v) is 8.19. The number of benzene rings is 3. The van der Waals surface area contributed by atoms with E-state index in [0.29, 0.717) is 0 Å². The van der Waals surface area contributed by atoms with E-state index >= 15 is 0 Å². The number of thiophene rings is 1. The molecular weight excluding hydrogens is 296 g/mol. The lowest BCUT2D eigenvalue weighted by molar-refractivity contribution is 0.591. The molecule has 114 valence electrons. The van der Waals surface area contributed by atoms with Crippen LogP contribution in [0.25, 0.3) is 31.3 Å². The highest BCUT2D eigenvalue weighted by Gasteiger charge is 2.16. The van der Waals surface area contributed by atoms with Crippen molar-refractivity contribution >= 4 is 31.5 Å². The molecule has 0 aliphatic carbocycles. The number of hydrogen-bond donors (Lipinski definition) is 0. The van der Waals surface area contributed by atoms with E-state index in [9.17, 15) is 0 Å². The summed E-state index contributed by atoms with van der Waals surface area (Å²) in [7, 11) is 0. The predicted octanol–water partition coefficient (Wildman–Crippen LogP) is 7.02. The molecule has 23 heavy (non-hydrogen) atoms. The minimum atomic E-state index is 0.187. The van der Waals surface area contributed by atoms with Gasteiger partial charge in [-0.1, -0.05) is 75.4 Å². The van der Waals surface area contributed by atoms with Gasteiger partial charge in [-0.2, -0.15) is 0 Å². The Bertz CT molecular complexity index is 985. The van der Waals surface area contributed by atoms with Crippen molar-refractivity contribution in [3.63, 3.8) is 0 Å². The van der Waals surface area contributed by atoms with Crippen molar-refractivity contribution in [2.75, 3.05) is 0 Å². The lowest BCUT2D eigenvalue weighted by Gasteiger charge is -2.18. The summed E-state index contributed by atoms with van der Waals surface area (Å²) in [5, 5.41) is 2.76. The van der Waals surface area contributed by atoms with Crippen molar-refractivity contribution in [2.45, 2.75) is 26.2 Å². The summed E-state index contributed by atoms with van der Waals surface area (Å²) < 4.78 is 2.75. The van der Waals surface area contributed by atoms with Crippen molar-refractivity contribution in [2.24, 2.45) is 0 Å². The molecule has 0 amide bonds. The highest BCUT2D eigenvalue weighted by Crippen LogP contribution is 2.41. The second kappa shape index (κ2) is 5.21. The third-order valence-electron chi connectivity index (χ3n) is 4.45. The third-order valence-corrected chi connectivity index (χ3v) is 5.57. The van der Waals surface area contributed by atoms with E-state index in [2.05, 4.69) is 87.5 Å². The van der Waals surface area contributed by atoms with Gasteiger partial charge in [-0.05, 0) is 34.2 Å². The van der Waals surface area contributed by atoms with E-state index in [-0.39, 0.29) is 5.41 Å². The number of hydrogen-bond acceptors (Lipinski definition) is 1. The molecule has 0 fully saturated rings. The molecule has 0 N–H and O–H groups in total. The Morgan fingerprint density at radius 2 is 1.52 bits per heavy atom. The highest BCUT2D eigenvalue weighted by molar-refractivity contribution is 7.25. The van der Waals surface area contributed by atoms with Crippen LogP contribution in [0.2, 0.25) is 0 Å². The predicted molar refractivity (Wildman–Crippen MR) is 103 cm³/mol. The lowest BCUT2D eigenvalue weighted by Crippen LogP contribution is -2.10. The topological polar surface area (TPSA) is 0 Å². The summed E-state index contributed by atoms with van der Waals surface area (Å²) in [6.45, 7) is 6.82. The molecule has 0 bridgehead atoms. The van der Waals surface area contributed by atoms with Crippen molar-refractivity contribution in [1.29, 1.82) is 0 Å². The number of fused-ring (bicyclic) bond motifs is 3. The van der Waals surface area contributed by atoms with Crippen LogP contribution in [0.3, 0.4) is 0 Å². The third kappa shape index (κ3) is 2.46. The summed E-state index contributed by atoms with van der Waals surface area (Å²) in [6.07, 6.45) is 0. The monoisotopic (exact) mass is 316 g/mol. The SMILES string of the molecule is CC(C)(C)c1ccc2c(c1)sc1cccc(-c3ccccc3)c12. The van der Waals surface area contributed by atoms with E-state index in [1.807, 2.05) is 11.3 Å². The van der Waals surface area contributed by atoms with Crippen LogP contribution in [0.1, 0.15) is 26.3 Å². The van der Waals surface area contributed by atoms with E-state index in [1.54, 1.807) is 0 Å². The molecule has 0 saturated carbocycles. The summed E-state index contributed by atoms with van der Waals surface area (Å²) in [5.41, 5.74) is 4.21. The van der Waals surface area contributed by atoms with Crippen LogP contribution < -0.4 is 0 Å². The molecule has 0 aliphatic heterocycles. The second-order valence-electron chi connectivity index (χ2n) is 7.11. The normalized spacial score (nSPS) is 12.1. The fourth-order valence-electron chi connectivity index (χ4n) is 3.15. The van der Waals surface area contributed by atoms with Gasteiger partial charge in [0.2, 0.25) is 0 Å². The maximum Gasteiger partial charge on any atom is 0.0361 e. The van der Waals surface area contributed by atoms with E-state index < -0.39 is 0 Å². The molecule has 0 unspecified atom stereocenters. The van der Waals surface area contributed by atoms with Gasteiger partial charge < -0.3 is 0 Å². The van der Waals surface area contributed by atoms with Gasteiger partial charge in [-0.25, -0.2) is 0 Å². The molecule has 1 heteroatoms. The van der Waals surface area contributed by atoms with Gasteiger partial charge in [0, 0.05) is 20.2 Å². The zero-order valence-electron chi connectivity index (χ0n) is 13.8. The zero-order valence-corrected chi connectivity index (χ0v) is 14.6. The molecule has 0 atom stereocenters. The first-order valence-electron chi connectivity index (χ1n) is 8.05. The van der Waals surface area contributed by atoms with Crippen LogP contribution >= 0.6 is 11.3 Å². The van der Waals surface area contributed by atoms with Crippen LogP contribution in [-0.2, 0) is 5.41 Å². The van der Waals surface area contributed by atoms with Crippen LogP contribution in [0, 0.1) is 0 Å². The Hall–Kier alpha value is -2.12. The smallest absolute Gasteiger partial charge is 0.0361 e. The van der Waals surface area contributed by atoms with Crippen molar-refractivity contribution in [3.8, 4) is 11.1 Å². The summed E-state index contributed by atoms with van der Waals surface area (Å²) >= 11 is 1.90. The molecule has 1 heterocycles. The molecular formula is C22H20S. The van der Waals surface area contributed by atoms with Gasteiger partial charge in [0.25, 0.3) is 0 Å². The molecule has 0 spiro atoms. The number of rotatable bonds is 1. The molecule has 0 radical (unpaired) electrons. The Kier molecular flexibility index (Phi) is 3.28. The Balaban J connectivity index is 2.04. The molecule has 0 aliphatic rings. The van der Waals surface area contributed by atoms with Gasteiger partial charge >= 0.3 is 0 Å². The van der Waals surface area contributed by atoms with E-state index in [4.69, 9.17) is 0 Å². The molecule has 4 aromatic rings. The van der Waals surface area contributed by atoms with Gasteiger partial charge in [0.05, 0.1) is 0 Å². The van der Waals surface area contributed by atoms with Gasteiger partial charge in [0.1, 0.15) is 0 Å². The summed E-state index contributed by atoms with van der Waals surface area (Å²) in [4.78, 5) is 0. The molecule has 0 saturated heterocycles. The summed E-state index contributed by atoms with van der Waals surface area (Å²) in [6, 6.07) is 24.3.